The number of carbonyl (C=O) groups is 1. The Morgan fingerprint density at radius 2 is 1.81 bits per heavy atom. The van der Waals surface area contributed by atoms with Crippen LogP contribution in [-0.4, -0.2) is 35.9 Å². The van der Waals surface area contributed by atoms with E-state index in [0.29, 0.717) is 28.6 Å². The molecule has 0 aliphatic carbocycles. The summed E-state index contributed by atoms with van der Waals surface area (Å²) in [6.45, 7) is 5.83. The number of methoxy groups -OCH3 is 2. The molecule has 0 saturated carbocycles. The number of nitrogens with zero attached hydrogens (tertiary/aromatic N) is 2. The van der Waals surface area contributed by atoms with Crippen molar-refractivity contribution < 1.29 is 19.0 Å². The van der Waals surface area contributed by atoms with Crippen molar-refractivity contribution in [1.29, 1.82) is 0 Å². The van der Waals surface area contributed by atoms with Gasteiger partial charge in [0.15, 0.2) is 11.5 Å². The smallest absolute Gasteiger partial charge is 0.336 e. The number of para-hydroxylation sites is 1. The molecule has 0 unspecified atom stereocenters. The summed E-state index contributed by atoms with van der Waals surface area (Å²) in [5.74, 6) is -0.0559. The highest BCUT2D eigenvalue weighted by Gasteiger charge is 2.39. The quantitative estimate of drug-likeness (QED) is 0.683. The molecule has 3 rings (SSSR count). The van der Waals surface area contributed by atoms with Gasteiger partial charge in [-0.05, 0) is 18.9 Å². The van der Waals surface area contributed by atoms with Crippen molar-refractivity contribution in [2.75, 3.05) is 26.1 Å². The van der Waals surface area contributed by atoms with Crippen LogP contribution in [0.3, 0.4) is 0 Å². The van der Waals surface area contributed by atoms with Crippen LogP contribution in [0.15, 0.2) is 39.1 Å². The van der Waals surface area contributed by atoms with Gasteiger partial charge in [-0.3, -0.25) is 13.9 Å². The first-order valence-corrected chi connectivity index (χ1v) is 10.3. The van der Waals surface area contributed by atoms with Crippen molar-refractivity contribution in [3.05, 3.63) is 61.4 Å². The van der Waals surface area contributed by atoms with Gasteiger partial charge in [0.1, 0.15) is 5.82 Å². The first kappa shape index (κ1) is 23.2. The lowest BCUT2D eigenvalue weighted by molar-refractivity contribution is -0.140. The molecule has 0 saturated heterocycles. The number of benzene rings is 1. The predicted octanol–water partition coefficient (Wildman–Crippen LogP) is 2.13. The van der Waals surface area contributed by atoms with E-state index in [1.54, 1.807) is 32.2 Å². The minimum absolute atomic E-state index is 0.141. The third kappa shape index (κ3) is 3.79. The van der Waals surface area contributed by atoms with E-state index in [9.17, 15) is 14.4 Å². The average Bonchev–Trinajstić information content (AvgIpc) is 2.78. The molecule has 1 aliphatic rings. The number of carbonyl (C=O) groups excluding carboxylic acids is 1. The zero-order valence-corrected chi connectivity index (χ0v) is 19.4. The second-order valence-corrected chi connectivity index (χ2v) is 8.14. The number of hydrogen-bond donors (Lipinski definition) is 1. The Hall–Kier alpha value is -3.49. The minimum Gasteiger partial charge on any atom is -0.493 e. The van der Waals surface area contributed by atoms with Crippen LogP contribution in [0.5, 0.6) is 11.5 Å². The number of ether oxygens (including phenoxy) is 3. The third-order valence-corrected chi connectivity index (χ3v) is 5.50. The first-order valence-electron chi connectivity index (χ1n) is 10.3. The van der Waals surface area contributed by atoms with Crippen LogP contribution in [-0.2, 0) is 23.6 Å². The Kier molecular flexibility index (Phi) is 6.47. The molecule has 1 atom stereocenters. The second-order valence-electron chi connectivity index (χ2n) is 8.14. The average molecular weight is 444 g/mol. The number of aromatic nitrogens is 2. The molecule has 2 heterocycles. The molecule has 9 heteroatoms. The van der Waals surface area contributed by atoms with E-state index in [-0.39, 0.29) is 23.7 Å². The van der Waals surface area contributed by atoms with Crippen molar-refractivity contribution in [3.63, 3.8) is 0 Å². The Morgan fingerprint density at radius 3 is 2.41 bits per heavy atom. The highest BCUT2D eigenvalue weighted by atomic mass is 16.5. The summed E-state index contributed by atoms with van der Waals surface area (Å²) in [6.07, 6.45) is 0. The van der Waals surface area contributed by atoms with E-state index in [0.717, 1.165) is 4.57 Å². The summed E-state index contributed by atoms with van der Waals surface area (Å²) in [4.78, 5) is 39.1. The number of anilines is 1. The number of hydrogen-bond acceptors (Lipinski definition) is 7. The van der Waals surface area contributed by atoms with Crippen LogP contribution in [0.1, 0.15) is 37.8 Å². The molecule has 1 aromatic heterocycles. The van der Waals surface area contributed by atoms with Gasteiger partial charge in [0.2, 0.25) is 0 Å². The van der Waals surface area contributed by atoms with Crippen molar-refractivity contribution in [2.45, 2.75) is 26.7 Å². The first-order chi connectivity index (χ1) is 15.1. The monoisotopic (exact) mass is 443 g/mol. The topological polar surface area (TPSA) is 101 Å². The van der Waals surface area contributed by atoms with Gasteiger partial charge in [-0.25, -0.2) is 9.59 Å². The molecular formula is C23H29N3O6. The number of rotatable bonds is 6. The van der Waals surface area contributed by atoms with Gasteiger partial charge in [-0.15, -0.1) is 0 Å². The summed E-state index contributed by atoms with van der Waals surface area (Å²) < 4.78 is 19.0. The van der Waals surface area contributed by atoms with Gasteiger partial charge in [-0.1, -0.05) is 26.0 Å². The van der Waals surface area contributed by atoms with Gasteiger partial charge in [0.25, 0.3) is 5.56 Å². The molecule has 1 N–H and O–H groups in total. The maximum Gasteiger partial charge on any atom is 0.336 e. The van der Waals surface area contributed by atoms with Crippen LogP contribution < -0.4 is 26.0 Å². The van der Waals surface area contributed by atoms with E-state index in [1.165, 1.54) is 25.8 Å². The molecule has 32 heavy (non-hydrogen) atoms. The molecule has 2 aromatic rings. The maximum atomic E-state index is 13.3. The van der Waals surface area contributed by atoms with Gasteiger partial charge < -0.3 is 19.5 Å². The summed E-state index contributed by atoms with van der Waals surface area (Å²) in [5, 5.41) is 3.08. The molecule has 172 valence electrons. The van der Waals surface area contributed by atoms with Crippen molar-refractivity contribution in [3.8, 4) is 11.5 Å². The molecule has 1 aromatic carbocycles. The standard InChI is InChI=1S/C23H29N3O6/c1-12(2)11-32-22(28)16-13(3)24-20-18(21(27)26(5)23(29)25(20)4)17(16)14-9-8-10-15(30-6)19(14)31-7/h8-10,12,17,24H,11H2,1-7H3/t17-/m0/s1. The van der Waals surface area contributed by atoms with Crippen molar-refractivity contribution >= 4 is 11.8 Å². The SMILES string of the molecule is COc1cccc([C@H]2C(C(=O)OCC(C)C)=C(C)Nc3c2c(=O)n(C)c(=O)n3C)c1OC. The van der Waals surface area contributed by atoms with Crippen molar-refractivity contribution in [2.24, 2.45) is 20.0 Å². The largest absolute Gasteiger partial charge is 0.493 e. The third-order valence-electron chi connectivity index (χ3n) is 5.50. The van der Waals surface area contributed by atoms with Gasteiger partial charge in [-0.2, -0.15) is 0 Å². The lowest BCUT2D eigenvalue weighted by atomic mass is 9.81. The van der Waals surface area contributed by atoms with E-state index in [2.05, 4.69) is 5.32 Å². The van der Waals surface area contributed by atoms with Crippen LogP contribution in [0.4, 0.5) is 5.82 Å². The van der Waals surface area contributed by atoms with Gasteiger partial charge in [0, 0.05) is 25.4 Å². The minimum atomic E-state index is -0.832. The predicted molar refractivity (Wildman–Crippen MR) is 120 cm³/mol. The van der Waals surface area contributed by atoms with Crippen molar-refractivity contribution in [1.82, 2.24) is 9.13 Å². The molecule has 0 spiro atoms. The Morgan fingerprint density at radius 1 is 1.12 bits per heavy atom. The lowest BCUT2D eigenvalue weighted by Crippen LogP contribution is -2.43. The van der Waals surface area contributed by atoms with Gasteiger partial charge >= 0.3 is 11.7 Å². The number of esters is 1. The lowest BCUT2D eigenvalue weighted by Gasteiger charge is -2.31. The molecule has 1 aliphatic heterocycles. The zero-order valence-electron chi connectivity index (χ0n) is 19.4. The highest BCUT2D eigenvalue weighted by molar-refractivity contribution is 5.94. The van der Waals surface area contributed by atoms with E-state index in [4.69, 9.17) is 14.2 Å². The number of allylic oxidation sites excluding steroid dienone is 1. The Balaban J connectivity index is 2.38. The molecule has 0 fully saturated rings. The molecule has 0 bridgehead atoms. The summed E-state index contributed by atoms with van der Waals surface area (Å²) in [6, 6.07) is 5.27. The summed E-state index contributed by atoms with van der Waals surface area (Å²) in [7, 11) is 5.99. The fourth-order valence-electron chi connectivity index (χ4n) is 3.93. The number of fused-ring (bicyclic) bond motifs is 1. The highest BCUT2D eigenvalue weighted by Crippen LogP contribution is 2.45. The van der Waals surface area contributed by atoms with Crippen LogP contribution in [0.25, 0.3) is 0 Å². The van der Waals surface area contributed by atoms with E-state index < -0.39 is 23.1 Å². The molecular weight excluding hydrogens is 414 g/mol. The Bertz CT molecular complexity index is 1210. The normalized spacial score (nSPS) is 15.3. The number of nitrogens with one attached hydrogen (secondary N) is 1. The van der Waals surface area contributed by atoms with Crippen LogP contribution in [0, 0.1) is 5.92 Å². The summed E-state index contributed by atoms with van der Waals surface area (Å²) in [5.41, 5.74) is 0.595. The maximum absolute atomic E-state index is 13.3. The van der Waals surface area contributed by atoms with Crippen LogP contribution >= 0.6 is 0 Å². The zero-order chi connectivity index (χ0) is 23.7. The molecule has 0 amide bonds. The molecule has 9 nitrogen and oxygen atoms in total. The van der Waals surface area contributed by atoms with E-state index >= 15 is 0 Å². The van der Waals surface area contributed by atoms with Crippen LogP contribution in [0.2, 0.25) is 0 Å². The fourth-order valence-corrected chi connectivity index (χ4v) is 3.93. The second kappa shape index (κ2) is 8.94. The molecule has 0 radical (unpaired) electrons. The van der Waals surface area contributed by atoms with Gasteiger partial charge in [0.05, 0.1) is 37.9 Å². The fraction of sp³-hybridized carbons (Fsp3) is 0.435. The summed E-state index contributed by atoms with van der Waals surface area (Å²) >= 11 is 0. The Labute approximate surface area is 186 Å². The van der Waals surface area contributed by atoms with E-state index in [1.807, 2.05) is 13.8 Å².